The number of piperidine rings is 1. The molecule has 0 spiro atoms. The Labute approximate surface area is 181 Å². The molecule has 2 amide bonds. The molecule has 1 aromatic rings. The van der Waals surface area contributed by atoms with Crippen LogP contribution in [0.15, 0.2) is 24.3 Å². The second-order valence-electron chi connectivity index (χ2n) is 8.64. The molecule has 3 rings (SSSR count). The maximum atomic E-state index is 12.7. The predicted molar refractivity (Wildman–Crippen MR) is 119 cm³/mol. The number of amides is 2. The summed E-state index contributed by atoms with van der Waals surface area (Å²) in [5, 5.41) is 6.32. The van der Waals surface area contributed by atoms with Gasteiger partial charge in [0.25, 0.3) is 0 Å². The zero-order valence-corrected chi connectivity index (χ0v) is 18.6. The van der Waals surface area contributed by atoms with Crippen LogP contribution in [0.5, 0.6) is 0 Å². The lowest BCUT2D eigenvalue weighted by Crippen LogP contribution is -2.46. The first-order valence-corrected chi connectivity index (χ1v) is 10.9. The highest BCUT2D eigenvalue weighted by Crippen LogP contribution is 2.19. The highest BCUT2D eigenvalue weighted by Gasteiger charge is 2.26. The van der Waals surface area contributed by atoms with Crippen molar-refractivity contribution in [1.82, 2.24) is 15.5 Å². The van der Waals surface area contributed by atoms with E-state index in [0.29, 0.717) is 24.8 Å². The zero-order valence-electron chi connectivity index (χ0n) is 17.8. The third-order valence-electron chi connectivity index (χ3n) is 6.09. The Morgan fingerprint density at radius 2 is 1.93 bits per heavy atom. The first-order chi connectivity index (χ1) is 13.5. The van der Waals surface area contributed by atoms with E-state index in [9.17, 15) is 9.59 Å². The largest absolute Gasteiger partial charge is 0.354 e. The van der Waals surface area contributed by atoms with Crippen molar-refractivity contribution in [3.05, 3.63) is 35.4 Å². The molecule has 2 unspecified atom stereocenters. The number of rotatable bonds is 7. The Balaban J connectivity index is 0.00000300. The van der Waals surface area contributed by atoms with Gasteiger partial charge in [0.1, 0.15) is 0 Å². The molecule has 29 heavy (non-hydrogen) atoms. The molecular weight excluding hydrogens is 386 g/mol. The van der Waals surface area contributed by atoms with Gasteiger partial charge in [0, 0.05) is 26.1 Å². The fourth-order valence-corrected chi connectivity index (χ4v) is 4.21. The van der Waals surface area contributed by atoms with Gasteiger partial charge in [-0.15, -0.1) is 12.4 Å². The third kappa shape index (κ3) is 7.00. The van der Waals surface area contributed by atoms with E-state index in [-0.39, 0.29) is 30.3 Å². The van der Waals surface area contributed by atoms with Crippen LogP contribution in [0.3, 0.4) is 0 Å². The van der Waals surface area contributed by atoms with Crippen LogP contribution in [-0.2, 0) is 16.0 Å². The van der Waals surface area contributed by atoms with Crippen molar-refractivity contribution >= 4 is 24.2 Å². The van der Waals surface area contributed by atoms with Crippen molar-refractivity contribution in [3.8, 4) is 0 Å². The fourth-order valence-electron chi connectivity index (χ4n) is 4.21. The van der Waals surface area contributed by atoms with Gasteiger partial charge < -0.3 is 15.5 Å². The van der Waals surface area contributed by atoms with E-state index < -0.39 is 0 Å². The number of nitrogens with one attached hydrogen (secondary N) is 2. The number of hydrogen-bond donors (Lipinski definition) is 2. The van der Waals surface area contributed by atoms with Crippen LogP contribution in [0.2, 0.25) is 0 Å². The number of likely N-dealkylation sites (tertiary alicyclic amines) is 1. The Morgan fingerprint density at radius 3 is 2.59 bits per heavy atom. The van der Waals surface area contributed by atoms with Gasteiger partial charge in [-0.25, -0.2) is 0 Å². The molecule has 2 heterocycles. The van der Waals surface area contributed by atoms with Crippen molar-refractivity contribution in [3.63, 3.8) is 0 Å². The third-order valence-corrected chi connectivity index (χ3v) is 6.09. The summed E-state index contributed by atoms with van der Waals surface area (Å²) in [6.07, 6.45) is 5.47. The van der Waals surface area contributed by atoms with Crippen LogP contribution in [0, 0.1) is 5.92 Å². The van der Waals surface area contributed by atoms with Gasteiger partial charge in [-0.2, -0.15) is 0 Å². The van der Waals surface area contributed by atoms with Crippen molar-refractivity contribution < 1.29 is 9.59 Å². The molecule has 0 aliphatic carbocycles. The Kier molecular flexibility index (Phi) is 9.44. The SMILES string of the molecule is CC(C)c1ccc(CCC(=O)N2CCCC(CNC(=O)C3CCCN3)C2)cc1.Cl. The van der Waals surface area contributed by atoms with Crippen LogP contribution in [0.4, 0.5) is 0 Å². The quantitative estimate of drug-likeness (QED) is 0.710. The van der Waals surface area contributed by atoms with E-state index in [2.05, 4.69) is 48.7 Å². The molecule has 2 aliphatic rings. The summed E-state index contributed by atoms with van der Waals surface area (Å²) >= 11 is 0. The highest BCUT2D eigenvalue weighted by molar-refractivity contribution is 5.85. The number of aryl methyl sites for hydroxylation is 1. The Bertz CT molecular complexity index is 657. The van der Waals surface area contributed by atoms with Crippen LogP contribution >= 0.6 is 12.4 Å². The summed E-state index contributed by atoms with van der Waals surface area (Å²) in [5.74, 6) is 1.26. The molecule has 162 valence electrons. The lowest BCUT2D eigenvalue weighted by atomic mass is 9.97. The monoisotopic (exact) mass is 421 g/mol. The topological polar surface area (TPSA) is 61.4 Å². The maximum absolute atomic E-state index is 12.7. The second kappa shape index (κ2) is 11.6. The van der Waals surface area contributed by atoms with Gasteiger partial charge in [-0.3, -0.25) is 9.59 Å². The molecule has 2 N–H and O–H groups in total. The number of nitrogens with zero attached hydrogens (tertiary/aromatic N) is 1. The van der Waals surface area contributed by atoms with Gasteiger partial charge in [0.2, 0.25) is 11.8 Å². The predicted octanol–water partition coefficient (Wildman–Crippen LogP) is 3.27. The van der Waals surface area contributed by atoms with Gasteiger partial charge in [0.15, 0.2) is 0 Å². The number of hydrogen-bond acceptors (Lipinski definition) is 3. The summed E-state index contributed by atoms with van der Waals surface area (Å²) in [4.78, 5) is 26.8. The molecule has 2 aliphatic heterocycles. The number of carbonyl (C=O) groups is 2. The van der Waals surface area contributed by atoms with Gasteiger partial charge in [-0.1, -0.05) is 38.1 Å². The number of halogens is 1. The van der Waals surface area contributed by atoms with Crippen molar-refractivity contribution in [2.45, 2.75) is 64.3 Å². The molecule has 0 radical (unpaired) electrons. The zero-order chi connectivity index (χ0) is 19.9. The Hall–Kier alpha value is -1.59. The molecule has 2 saturated heterocycles. The maximum Gasteiger partial charge on any atom is 0.237 e. The average Bonchev–Trinajstić information content (AvgIpc) is 3.26. The summed E-state index contributed by atoms with van der Waals surface area (Å²) in [6, 6.07) is 8.61. The molecule has 0 saturated carbocycles. The second-order valence-corrected chi connectivity index (χ2v) is 8.64. The molecule has 2 atom stereocenters. The summed E-state index contributed by atoms with van der Waals surface area (Å²) in [6.45, 7) is 7.61. The van der Waals surface area contributed by atoms with Crippen molar-refractivity contribution in [1.29, 1.82) is 0 Å². The normalized spacial score (nSPS) is 21.7. The van der Waals surface area contributed by atoms with Gasteiger partial charge in [-0.05, 0) is 61.6 Å². The van der Waals surface area contributed by atoms with E-state index >= 15 is 0 Å². The highest BCUT2D eigenvalue weighted by atomic mass is 35.5. The van der Waals surface area contributed by atoms with E-state index in [1.807, 2.05) is 4.90 Å². The minimum atomic E-state index is -0.0246. The van der Waals surface area contributed by atoms with Crippen LogP contribution < -0.4 is 10.6 Å². The average molecular weight is 422 g/mol. The van der Waals surface area contributed by atoms with E-state index in [1.54, 1.807) is 0 Å². The van der Waals surface area contributed by atoms with E-state index in [1.165, 1.54) is 11.1 Å². The van der Waals surface area contributed by atoms with E-state index in [4.69, 9.17) is 0 Å². The lowest BCUT2D eigenvalue weighted by Gasteiger charge is -2.33. The molecule has 6 heteroatoms. The standard InChI is InChI=1S/C23H35N3O2.ClH/c1-17(2)20-10-7-18(8-11-20)9-12-22(27)26-14-4-5-19(16-26)15-25-23(28)21-6-3-13-24-21;/h7-8,10-11,17,19,21,24H,3-6,9,12-16H2,1-2H3,(H,25,28);1H. The fraction of sp³-hybridized carbons (Fsp3) is 0.652. The van der Waals surface area contributed by atoms with E-state index in [0.717, 1.165) is 51.7 Å². The summed E-state index contributed by atoms with van der Waals surface area (Å²) in [7, 11) is 0. The number of carbonyl (C=O) groups excluding carboxylic acids is 2. The first kappa shape index (κ1) is 23.7. The van der Waals surface area contributed by atoms with Gasteiger partial charge >= 0.3 is 0 Å². The summed E-state index contributed by atoms with van der Waals surface area (Å²) < 4.78 is 0. The van der Waals surface area contributed by atoms with Crippen LogP contribution in [0.1, 0.15) is 63.0 Å². The molecule has 1 aromatic carbocycles. The minimum absolute atomic E-state index is 0. The molecule has 5 nitrogen and oxygen atoms in total. The smallest absolute Gasteiger partial charge is 0.237 e. The summed E-state index contributed by atoms with van der Waals surface area (Å²) in [5.41, 5.74) is 2.56. The molecular formula is C23H36ClN3O2. The van der Waals surface area contributed by atoms with Crippen molar-refractivity contribution in [2.75, 3.05) is 26.2 Å². The Morgan fingerprint density at radius 1 is 1.17 bits per heavy atom. The molecule has 0 aromatic heterocycles. The minimum Gasteiger partial charge on any atom is -0.354 e. The van der Waals surface area contributed by atoms with Crippen LogP contribution in [-0.4, -0.2) is 48.9 Å². The molecule has 2 fully saturated rings. The number of benzene rings is 1. The lowest BCUT2D eigenvalue weighted by molar-refractivity contribution is -0.132. The molecule has 0 bridgehead atoms. The first-order valence-electron chi connectivity index (χ1n) is 10.9. The van der Waals surface area contributed by atoms with Crippen LogP contribution in [0.25, 0.3) is 0 Å². The van der Waals surface area contributed by atoms with Crippen molar-refractivity contribution in [2.24, 2.45) is 5.92 Å². The van der Waals surface area contributed by atoms with Gasteiger partial charge in [0.05, 0.1) is 6.04 Å².